The van der Waals surface area contributed by atoms with Gasteiger partial charge in [-0.1, -0.05) is 39.5 Å². The van der Waals surface area contributed by atoms with Crippen molar-refractivity contribution in [3.8, 4) is 0 Å². The largest absolute Gasteiger partial charge is 0.390 e. The Balaban J connectivity index is 2.97. The lowest BCUT2D eigenvalue weighted by Crippen LogP contribution is -2.52. The van der Waals surface area contributed by atoms with Crippen molar-refractivity contribution < 1.29 is 0 Å². The van der Waals surface area contributed by atoms with Crippen molar-refractivity contribution in [2.45, 2.75) is 46.7 Å². The molecule has 0 spiro atoms. The second kappa shape index (κ2) is 6.98. The summed E-state index contributed by atoms with van der Waals surface area (Å²) in [5, 5.41) is 6.79. The summed E-state index contributed by atoms with van der Waals surface area (Å²) in [6.45, 7) is 19.2. The second-order valence-corrected chi connectivity index (χ2v) is 6.35. The molecular weight excluding hydrogens is 246 g/mol. The van der Waals surface area contributed by atoms with Crippen LogP contribution >= 0.6 is 0 Å². The summed E-state index contributed by atoms with van der Waals surface area (Å²) in [6, 6.07) is 0. The quantitative estimate of drug-likeness (QED) is 0.730. The third kappa shape index (κ3) is 4.14. The van der Waals surface area contributed by atoms with Crippen molar-refractivity contribution in [3.05, 3.63) is 36.2 Å². The number of nitrogens with zero attached hydrogens (tertiary/aromatic N) is 1. The fourth-order valence-electron chi connectivity index (χ4n) is 2.39. The molecular formula is C17H31N3. The van der Waals surface area contributed by atoms with Crippen LogP contribution in [-0.2, 0) is 0 Å². The molecule has 0 amide bonds. The van der Waals surface area contributed by atoms with E-state index in [-0.39, 0.29) is 11.6 Å². The minimum absolute atomic E-state index is 0.184. The molecule has 1 heterocycles. The lowest BCUT2D eigenvalue weighted by Gasteiger charge is -2.44. The van der Waals surface area contributed by atoms with E-state index in [2.05, 4.69) is 62.6 Å². The third-order valence-corrected chi connectivity index (χ3v) is 4.28. The molecule has 0 radical (unpaired) electrons. The molecule has 2 N–H and O–H groups in total. The standard InChI is InChI=1S/C17H31N3/c1-8-13(2)11-20(12-14(3)18-7)16-15(4)17(5,6)9-10-19-16/h12,16,18-19H,2,4,8-11H2,1,3,5-7H3/b14-12+/t16-/m0/s1. The summed E-state index contributed by atoms with van der Waals surface area (Å²) in [4.78, 5) is 2.32. The van der Waals surface area contributed by atoms with E-state index in [1.165, 1.54) is 11.1 Å². The fourth-order valence-corrected chi connectivity index (χ4v) is 2.39. The molecule has 1 aliphatic heterocycles. The van der Waals surface area contributed by atoms with Crippen molar-refractivity contribution >= 4 is 0 Å². The molecule has 0 saturated carbocycles. The molecule has 1 aliphatic rings. The average Bonchev–Trinajstić information content (AvgIpc) is 2.40. The van der Waals surface area contributed by atoms with E-state index in [0.717, 1.165) is 31.6 Å². The maximum atomic E-state index is 4.35. The predicted octanol–water partition coefficient (Wildman–Crippen LogP) is 3.24. The molecule has 0 aromatic rings. The highest BCUT2D eigenvalue weighted by atomic mass is 15.3. The van der Waals surface area contributed by atoms with Crippen molar-refractivity contribution in [3.63, 3.8) is 0 Å². The average molecular weight is 277 g/mol. The van der Waals surface area contributed by atoms with Gasteiger partial charge in [0.1, 0.15) is 6.17 Å². The van der Waals surface area contributed by atoms with Crippen molar-refractivity contribution in [1.29, 1.82) is 0 Å². The van der Waals surface area contributed by atoms with Gasteiger partial charge in [0.25, 0.3) is 0 Å². The highest BCUT2D eigenvalue weighted by molar-refractivity contribution is 5.20. The lowest BCUT2D eigenvalue weighted by atomic mass is 9.77. The summed E-state index contributed by atoms with van der Waals surface area (Å²) >= 11 is 0. The third-order valence-electron chi connectivity index (χ3n) is 4.28. The van der Waals surface area contributed by atoms with Crippen LogP contribution in [0.2, 0.25) is 0 Å². The van der Waals surface area contributed by atoms with Crippen LogP contribution in [0.5, 0.6) is 0 Å². The van der Waals surface area contributed by atoms with Gasteiger partial charge in [0.2, 0.25) is 0 Å². The van der Waals surface area contributed by atoms with Gasteiger partial charge < -0.3 is 10.2 Å². The van der Waals surface area contributed by atoms with Gasteiger partial charge in [-0.15, -0.1) is 0 Å². The molecule has 0 unspecified atom stereocenters. The Bertz CT molecular complexity index is 393. The van der Waals surface area contributed by atoms with Crippen LogP contribution in [-0.4, -0.2) is 31.2 Å². The number of hydrogen-bond donors (Lipinski definition) is 2. The van der Waals surface area contributed by atoms with Crippen LogP contribution in [0.4, 0.5) is 0 Å². The van der Waals surface area contributed by atoms with Gasteiger partial charge in [0.15, 0.2) is 0 Å². The topological polar surface area (TPSA) is 27.3 Å². The van der Waals surface area contributed by atoms with E-state index in [0.29, 0.717) is 0 Å². The van der Waals surface area contributed by atoms with E-state index in [1.807, 2.05) is 7.05 Å². The zero-order valence-electron chi connectivity index (χ0n) is 13.8. The van der Waals surface area contributed by atoms with Crippen molar-refractivity contribution in [2.75, 3.05) is 20.1 Å². The molecule has 1 saturated heterocycles. The van der Waals surface area contributed by atoms with Crippen LogP contribution in [0.1, 0.15) is 40.5 Å². The maximum Gasteiger partial charge on any atom is 0.102 e. The zero-order chi connectivity index (χ0) is 15.3. The normalized spacial score (nSPS) is 22.6. The highest BCUT2D eigenvalue weighted by Crippen LogP contribution is 2.35. The highest BCUT2D eigenvalue weighted by Gasteiger charge is 2.34. The molecule has 114 valence electrons. The SMILES string of the molecule is C=C(CC)CN(/C=C(\C)NC)[C@@H]1NCCC(C)(C)C1=C. The van der Waals surface area contributed by atoms with Crippen LogP contribution < -0.4 is 10.6 Å². The first-order chi connectivity index (χ1) is 9.31. The van der Waals surface area contributed by atoms with Gasteiger partial charge in [0.05, 0.1) is 0 Å². The van der Waals surface area contributed by atoms with E-state index in [4.69, 9.17) is 0 Å². The second-order valence-electron chi connectivity index (χ2n) is 6.35. The summed E-state index contributed by atoms with van der Waals surface area (Å²) in [5.74, 6) is 0. The molecule has 1 rings (SSSR count). The summed E-state index contributed by atoms with van der Waals surface area (Å²) in [7, 11) is 1.95. The molecule has 20 heavy (non-hydrogen) atoms. The van der Waals surface area contributed by atoms with Gasteiger partial charge >= 0.3 is 0 Å². The first-order valence-electron chi connectivity index (χ1n) is 7.53. The van der Waals surface area contributed by atoms with Gasteiger partial charge in [0, 0.05) is 25.5 Å². The molecule has 0 aliphatic carbocycles. The Hall–Kier alpha value is -1.22. The monoisotopic (exact) mass is 277 g/mol. The van der Waals surface area contributed by atoms with Crippen LogP contribution in [0, 0.1) is 5.41 Å². The molecule has 3 nitrogen and oxygen atoms in total. The summed E-state index contributed by atoms with van der Waals surface area (Å²) in [5.41, 5.74) is 3.83. The molecule has 0 bridgehead atoms. The van der Waals surface area contributed by atoms with Crippen molar-refractivity contribution in [2.24, 2.45) is 5.41 Å². The fraction of sp³-hybridized carbons (Fsp3) is 0.647. The minimum atomic E-state index is 0.184. The Morgan fingerprint density at radius 2 is 2.20 bits per heavy atom. The number of piperidine rings is 1. The van der Waals surface area contributed by atoms with E-state index >= 15 is 0 Å². The van der Waals surface area contributed by atoms with Crippen LogP contribution in [0.15, 0.2) is 36.2 Å². The van der Waals surface area contributed by atoms with Gasteiger partial charge in [-0.05, 0) is 37.3 Å². The van der Waals surface area contributed by atoms with E-state index < -0.39 is 0 Å². The Morgan fingerprint density at radius 1 is 1.55 bits per heavy atom. The number of allylic oxidation sites excluding steroid dienone is 1. The van der Waals surface area contributed by atoms with E-state index in [9.17, 15) is 0 Å². The molecule has 1 fully saturated rings. The molecule has 0 aromatic heterocycles. The summed E-state index contributed by atoms with van der Waals surface area (Å²) < 4.78 is 0. The molecule has 0 aromatic carbocycles. The number of rotatable bonds is 6. The first-order valence-corrected chi connectivity index (χ1v) is 7.53. The maximum absolute atomic E-state index is 4.35. The van der Waals surface area contributed by atoms with Crippen LogP contribution in [0.25, 0.3) is 0 Å². The van der Waals surface area contributed by atoms with Crippen molar-refractivity contribution in [1.82, 2.24) is 15.5 Å². The van der Waals surface area contributed by atoms with Crippen LogP contribution in [0.3, 0.4) is 0 Å². The zero-order valence-corrected chi connectivity index (χ0v) is 13.8. The first kappa shape index (κ1) is 16.8. The smallest absolute Gasteiger partial charge is 0.102 e. The lowest BCUT2D eigenvalue weighted by molar-refractivity contribution is 0.195. The molecule has 1 atom stereocenters. The molecule has 3 heteroatoms. The van der Waals surface area contributed by atoms with Gasteiger partial charge in [-0.2, -0.15) is 0 Å². The predicted molar refractivity (Wildman–Crippen MR) is 88.3 cm³/mol. The van der Waals surface area contributed by atoms with Gasteiger partial charge in [-0.3, -0.25) is 5.32 Å². The van der Waals surface area contributed by atoms with E-state index in [1.54, 1.807) is 0 Å². The van der Waals surface area contributed by atoms with Gasteiger partial charge in [-0.25, -0.2) is 0 Å². The number of hydrogen-bond acceptors (Lipinski definition) is 3. The Kier molecular flexibility index (Phi) is 5.88. The minimum Gasteiger partial charge on any atom is -0.390 e. The Labute approximate surface area is 124 Å². The summed E-state index contributed by atoms with van der Waals surface area (Å²) in [6.07, 6.45) is 4.50. The number of nitrogens with one attached hydrogen (secondary N) is 2. The Morgan fingerprint density at radius 3 is 2.75 bits per heavy atom.